The lowest BCUT2D eigenvalue weighted by atomic mass is 10.1. The van der Waals surface area contributed by atoms with Gasteiger partial charge in [0.25, 0.3) is 5.91 Å². The Kier molecular flexibility index (Phi) is 3.98. The second-order valence-electron chi connectivity index (χ2n) is 5.59. The van der Waals surface area contributed by atoms with Gasteiger partial charge in [0, 0.05) is 53.3 Å². The van der Waals surface area contributed by atoms with Crippen LogP contribution < -0.4 is 0 Å². The van der Waals surface area contributed by atoms with Gasteiger partial charge in [0.05, 0.1) is 0 Å². The molecule has 1 saturated heterocycles. The Hall–Kier alpha value is -1.42. The Morgan fingerprint density at radius 1 is 1.24 bits per heavy atom. The predicted octanol–water partition coefficient (Wildman–Crippen LogP) is 3.47. The molecular formula is C17H22N2OS. The summed E-state index contributed by atoms with van der Waals surface area (Å²) in [6.07, 6.45) is 0. The lowest BCUT2D eigenvalue weighted by Gasteiger charge is -2.26. The van der Waals surface area contributed by atoms with Gasteiger partial charge in [-0.3, -0.25) is 4.79 Å². The minimum atomic E-state index is 0.179. The molecule has 2 heterocycles. The van der Waals surface area contributed by atoms with Crippen molar-refractivity contribution in [2.45, 2.75) is 27.3 Å². The van der Waals surface area contributed by atoms with E-state index in [1.165, 1.54) is 22.2 Å². The molecule has 112 valence electrons. The maximum Gasteiger partial charge on any atom is 0.253 e. The number of hydrogen-bond donors (Lipinski definition) is 0. The van der Waals surface area contributed by atoms with Crippen LogP contribution in [-0.2, 0) is 6.54 Å². The van der Waals surface area contributed by atoms with Crippen molar-refractivity contribution in [1.29, 1.82) is 0 Å². The highest BCUT2D eigenvalue weighted by Gasteiger charge is 2.19. The van der Waals surface area contributed by atoms with Crippen LogP contribution >= 0.6 is 11.8 Å². The van der Waals surface area contributed by atoms with Gasteiger partial charge >= 0.3 is 0 Å². The molecule has 0 spiro atoms. The van der Waals surface area contributed by atoms with Gasteiger partial charge in [0.2, 0.25) is 0 Å². The zero-order valence-corrected chi connectivity index (χ0v) is 13.8. The molecular weight excluding hydrogens is 280 g/mol. The molecule has 0 bridgehead atoms. The maximum atomic E-state index is 12.6. The Labute approximate surface area is 130 Å². The highest BCUT2D eigenvalue weighted by Crippen LogP contribution is 2.27. The van der Waals surface area contributed by atoms with E-state index >= 15 is 0 Å². The third kappa shape index (κ3) is 2.46. The summed E-state index contributed by atoms with van der Waals surface area (Å²) < 4.78 is 2.32. The van der Waals surface area contributed by atoms with Gasteiger partial charge in [-0.2, -0.15) is 11.8 Å². The zero-order chi connectivity index (χ0) is 15.0. The van der Waals surface area contributed by atoms with Crippen molar-refractivity contribution in [3.8, 4) is 0 Å². The van der Waals surface area contributed by atoms with E-state index in [1.54, 1.807) is 0 Å². The van der Waals surface area contributed by atoms with E-state index < -0.39 is 0 Å². The molecule has 1 aromatic heterocycles. The molecule has 1 amide bonds. The first-order valence-corrected chi connectivity index (χ1v) is 8.75. The number of nitrogens with zero attached hydrogens (tertiary/aromatic N) is 2. The molecule has 0 atom stereocenters. The molecule has 0 unspecified atom stereocenters. The van der Waals surface area contributed by atoms with Crippen molar-refractivity contribution in [2.75, 3.05) is 24.6 Å². The molecule has 1 aliphatic rings. The SMILES string of the molecule is CCn1c(C)c(C)c2cc(C(=O)N3CCSCC3)ccc21. The summed E-state index contributed by atoms with van der Waals surface area (Å²) in [4.78, 5) is 14.6. The number of fused-ring (bicyclic) bond motifs is 1. The third-order valence-corrected chi connectivity index (χ3v) is 5.44. The van der Waals surface area contributed by atoms with E-state index in [2.05, 4.69) is 37.5 Å². The molecule has 21 heavy (non-hydrogen) atoms. The lowest BCUT2D eigenvalue weighted by molar-refractivity contribution is 0.0772. The molecule has 4 heteroatoms. The molecule has 3 rings (SSSR count). The number of rotatable bonds is 2. The summed E-state index contributed by atoms with van der Waals surface area (Å²) in [6.45, 7) is 9.17. The minimum Gasteiger partial charge on any atom is -0.345 e. The number of thioether (sulfide) groups is 1. The number of aryl methyl sites for hydroxylation is 2. The molecule has 0 saturated carbocycles. The first-order valence-electron chi connectivity index (χ1n) is 7.60. The van der Waals surface area contributed by atoms with E-state index in [4.69, 9.17) is 0 Å². The quantitative estimate of drug-likeness (QED) is 0.849. The van der Waals surface area contributed by atoms with Crippen molar-refractivity contribution in [2.24, 2.45) is 0 Å². The Bertz CT molecular complexity index is 684. The van der Waals surface area contributed by atoms with Crippen LogP contribution in [-0.4, -0.2) is 40.0 Å². The molecule has 0 aliphatic carbocycles. The molecule has 1 aliphatic heterocycles. The fourth-order valence-corrected chi connectivity index (χ4v) is 4.04. The second-order valence-corrected chi connectivity index (χ2v) is 6.82. The Morgan fingerprint density at radius 2 is 1.95 bits per heavy atom. The van der Waals surface area contributed by atoms with Crippen LogP contribution in [0.4, 0.5) is 0 Å². The fourth-order valence-electron chi connectivity index (χ4n) is 3.14. The minimum absolute atomic E-state index is 0.179. The summed E-state index contributed by atoms with van der Waals surface area (Å²) in [5.41, 5.74) is 4.64. The van der Waals surface area contributed by atoms with Crippen molar-refractivity contribution in [1.82, 2.24) is 9.47 Å². The van der Waals surface area contributed by atoms with Gasteiger partial charge in [-0.05, 0) is 44.5 Å². The number of amides is 1. The summed E-state index contributed by atoms with van der Waals surface area (Å²) in [5.74, 6) is 2.29. The maximum absolute atomic E-state index is 12.6. The van der Waals surface area contributed by atoms with Crippen LogP contribution in [0.1, 0.15) is 28.5 Å². The van der Waals surface area contributed by atoms with Gasteiger partial charge in [0.1, 0.15) is 0 Å². The molecule has 1 fully saturated rings. The summed E-state index contributed by atoms with van der Waals surface area (Å²) in [7, 11) is 0. The summed E-state index contributed by atoms with van der Waals surface area (Å²) in [5, 5.41) is 1.21. The van der Waals surface area contributed by atoms with Gasteiger partial charge in [-0.25, -0.2) is 0 Å². The van der Waals surface area contributed by atoms with E-state index in [1.807, 2.05) is 22.7 Å². The normalized spacial score (nSPS) is 15.7. The van der Waals surface area contributed by atoms with Crippen molar-refractivity contribution < 1.29 is 4.79 Å². The third-order valence-electron chi connectivity index (χ3n) is 4.50. The number of aromatic nitrogens is 1. The van der Waals surface area contributed by atoms with Gasteiger partial charge in [-0.1, -0.05) is 0 Å². The molecule has 2 aromatic rings. The van der Waals surface area contributed by atoms with Crippen molar-refractivity contribution in [3.63, 3.8) is 0 Å². The van der Waals surface area contributed by atoms with Gasteiger partial charge in [0.15, 0.2) is 0 Å². The number of carbonyl (C=O) groups excluding carboxylic acids is 1. The molecule has 3 nitrogen and oxygen atoms in total. The van der Waals surface area contributed by atoms with E-state index in [-0.39, 0.29) is 5.91 Å². The summed E-state index contributed by atoms with van der Waals surface area (Å²) in [6, 6.07) is 6.16. The lowest BCUT2D eigenvalue weighted by Crippen LogP contribution is -2.37. The van der Waals surface area contributed by atoms with Crippen LogP contribution in [0.15, 0.2) is 18.2 Å². The predicted molar refractivity (Wildman–Crippen MR) is 90.3 cm³/mol. The van der Waals surface area contributed by atoms with Crippen LogP contribution in [0.2, 0.25) is 0 Å². The topological polar surface area (TPSA) is 25.2 Å². The average Bonchev–Trinajstić information content (AvgIpc) is 2.78. The average molecular weight is 302 g/mol. The second kappa shape index (κ2) is 5.76. The Morgan fingerprint density at radius 3 is 2.62 bits per heavy atom. The van der Waals surface area contributed by atoms with Crippen molar-refractivity contribution in [3.05, 3.63) is 35.0 Å². The first kappa shape index (κ1) is 14.5. The van der Waals surface area contributed by atoms with E-state index in [0.29, 0.717) is 0 Å². The standard InChI is InChI=1S/C17H22N2OS/c1-4-19-13(3)12(2)15-11-14(5-6-16(15)19)17(20)18-7-9-21-10-8-18/h5-6,11H,4,7-10H2,1-3H3. The largest absolute Gasteiger partial charge is 0.345 e. The zero-order valence-electron chi connectivity index (χ0n) is 13.0. The van der Waals surface area contributed by atoms with Crippen LogP contribution in [0.3, 0.4) is 0 Å². The van der Waals surface area contributed by atoms with E-state index in [0.717, 1.165) is 36.7 Å². The molecule has 1 aromatic carbocycles. The van der Waals surface area contributed by atoms with Gasteiger partial charge < -0.3 is 9.47 Å². The van der Waals surface area contributed by atoms with E-state index in [9.17, 15) is 4.79 Å². The first-order chi connectivity index (χ1) is 10.1. The highest BCUT2D eigenvalue weighted by atomic mass is 32.2. The van der Waals surface area contributed by atoms with Crippen LogP contribution in [0.25, 0.3) is 10.9 Å². The molecule has 0 radical (unpaired) electrons. The smallest absolute Gasteiger partial charge is 0.253 e. The number of carbonyl (C=O) groups is 1. The number of hydrogen-bond acceptors (Lipinski definition) is 2. The van der Waals surface area contributed by atoms with Crippen LogP contribution in [0.5, 0.6) is 0 Å². The summed E-state index contributed by atoms with van der Waals surface area (Å²) >= 11 is 1.93. The monoisotopic (exact) mass is 302 g/mol. The van der Waals surface area contributed by atoms with Gasteiger partial charge in [-0.15, -0.1) is 0 Å². The highest BCUT2D eigenvalue weighted by molar-refractivity contribution is 7.99. The number of benzene rings is 1. The van der Waals surface area contributed by atoms with Crippen LogP contribution in [0, 0.1) is 13.8 Å². The fraction of sp³-hybridized carbons (Fsp3) is 0.471. The molecule has 0 N–H and O–H groups in total. The Balaban J connectivity index is 2.01. The van der Waals surface area contributed by atoms with Crippen molar-refractivity contribution >= 4 is 28.6 Å².